The minimum absolute atomic E-state index is 0.0590. The van der Waals surface area contributed by atoms with Crippen LogP contribution >= 0.6 is 0 Å². The lowest BCUT2D eigenvalue weighted by molar-refractivity contribution is -0.156. The standard InChI is InChI=1S/C13H21NO4/c1-9(13(2,3)4)7-11(15)14-5-6-18-8-10(14)12(16)17/h7,10H,5-6,8H2,1-4H3,(H,16,17)/b9-7-/t10-/m1/s1. The number of rotatable bonds is 2. The van der Waals surface area contributed by atoms with E-state index in [1.807, 2.05) is 27.7 Å². The van der Waals surface area contributed by atoms with E-state index in [4.69, 9.17) is 9.84 Å². The van der Waals surface area contributed by atoms with E-state index in [2.05, 4.69) is 0 Å². The summed E-state index contributed by atoms with van der Waals surface area (Å²) >= 11 is 0. The Kier molecular flexibility index (Phi) is 4.51. The number of allylic oxidation sites excluding steroid dienone is 1. The van der Waals surface area contributed by atoms with E-state index in [-0.39, 0.29) is 17.9 Å². The molecule has 0 unspecified atom stereocenters. The van der Waals surface area contributed by atoms with Crippen LogP contribution in [0.25, 0.3) is 0 Å². The summed E-state index contributed by atoms with van der Waals surface area (Å²) in [5.41, 5.74) is 0.837. The van der Waals surface area contributed by atoms with Crippen LogP contribution < -0.4 is 0 Å². The fourth-order valence-electron chi connectivity index (χ4n) is 1.56. The first-order valence-electron chi connectivity index (χ1n) is 6.03. The lowest BCUT2D eigenvalue weighted by atomic mass is 9.87. The highest BCUT2D eigenvalue weighted by molar-refractivity contribution is 5.92. The predicted octanol–water partition coefficient (Wildman–Crippen LogP) is 1.29. The van der Waals surface area contributed by atoms with Gasteiger partial charge in [-0.3, -0.25) is 4.79 Å². The highest BCUT2D eigenvalue weighted by Gasteiger charge is 2.32. The van der Waals surface area contributed by atoms with Gasteiger partial charge in [0.15, 0.2) is 6.04 Å². The van der Waals surface area contributed by atoms with Crippen molar-refractivity contribution in [2.45, 2.75) is 33.7 Å². The molecule has 0 bridgehead atoms. The summed E-state index contributed by atoms with van der Waals surface area (Å²) < 4.78 is 5.10. The van der Waals surface area contributed by atoms with Gasteiger partial charge in [-0.05, 0) is 12.3 Å². The van der Waals surface area contributed by atoms with E-state index < -0.39 is 12.0 Å². The Hall–Kier alpha value is -1.36. The van der Waals surface area contributed by atoms with Crippen LogP contribution in [0.3, 0.4) is 0 Å². The molecule has 0 saturated carbocycles. The summed E-state index contributed by atoms with van der Waals surface area (Å²) in [6.45, 7) is 8.69. The molecule has 18 heavy (non-hydrogen) atoms. The number of carboxylic acids is 1. The lowest BCUT2D eigenvalue weighted by Gasteiger charge is -2.32. The summed E-state index contributed by atoms with van der Waals surface area (Å²) in [6.07, 6.45) is 1.53. The summed E-state index contributed by atoms with van der Waals surface area (Å²) in [5.74, 6) is -1.28. The number of carbonyl (C=O) groups excluding carboxylic acids is 1. The van der Waals surface area contributed by atoms with Crippen molar-refractivity contribution in [3.8, 4) is 0 Å². The third-order valence-electron chi connectivity index (χ3n) is 3.22. The molecule has 1 amide bonds. The van der Waals surface area contributed by atoms with E-state index in [9.17, 15) is 9.59 Å². The molecule has 0 aromatic heterocycles. The van der Waals surface area contributed by atoms with Crippen LogP contribution in [0.15, 0.2) is 11.6 Å². The Morgan fingerprint density at radius 3 is 2.50 bits per heavy atom. The minimum Gasteiger partial charge on any atom is -0.480 e. The topological polar surface area (TPSA) is 66.8 Å². The molecular formula is C13H21NO4. The molecule has 0 aromatic carbocycles. The first kappa shape index (κ1) is 14.7. The van der Waals surface area contributed by atoms with Crippen molar-refractivity contribution < 1.29 is 19.4 Å². The average molecular weight is 255 g/mol. The van der Waals surface area contributed by atoms with Crippen molar-refractivity contribution >= 4 is 11.9 Å². The van der Waals surface area contributed by atoms with Crippen LogP contribution in [0.1, 0.15) is 27.7 Å². The molecule has 1 aliphatic rings. The largest absolute Gasteiger partial charge is 0.480 e. The number of aliphatic carboxylic acids is 1. The molecule has 102 valence electrons. The fraction of sp³-hybridized carbons (Fsp3) is 0.692. The second kappa shape index (κ2) is 5.52. The second-order valence-corrected chi connectivity index (χ2v) is 5.54. The van der Waals surface area contributed by atoms with Gasteiger partial charge in [0.25, 0.3) is 0 Å². The Morgan fingerprint density at radius 1 is 1.39 bits per heavy atom. The number of morpholine rings is 1. The number of nitrogens with zero attached hydrogens (tertiary/aromatic N) is 1. The third-order valence-corrected chi connectivity index (χ3v) is 3.22. The van der Waals surface area contributed by atoms with Gasteiger partial charge in [-0.2, -0.15) is 0 Å². The summed E-state index contributed by atoms with van der Waals surface area (Å²) in [5, 5.41) is 9.06. The molecule has 0 spiro atoms. The summed E-state index contributed by atoms with van der Waals surface area (Å²) in [4.78, 5) is 24.5. The molecule has 0 radical (unpaired) electrons. The molecular weight excluding hydrogens is 234 g/mol. The molecule has 5 heteroatoms. The van der Waals surface area contributed by atoms with Crippen LogP contribution in [-0.4, -0.2) is 47.7 Å². The lowest BCUT2D eigenvalue weighted by Crippen LogP contribution is -2.52. The molecule has 0 aromatic rings. The Balaban J connectivity index is 2.85. The Morgan fingerprint density at radius 2 is 2.00 bits per heavy atom. The van der Waals surface area contributed by atoms with Gasteiger partial charge >= 0.3 is 5.97 Å². The zero-order valence-corrected chi connectivity index (χ0v) is 11.4. The predicted molar refractivity (Wildman–Crippen MR) is 67.2 cm³/mol. The van der Waals surface area contributed by atoms with Crippen molar-refractivity contribution in [3.05, 3.63) is 11.6 Å². The normalized spacial score (nSPS) is 21.9. The molecule has 1 rings (SSSR count). The molecule has 1 aliphatic heterocycles. The Labute approximate surface area is 107 Å². The van der Waals surface area contributed by atoms with Gasteiger partial charge in [-0.25, -0.2) is 4.79 Å². The maximum absolute atomic E-state index is 12.1. The number of hydrogen-bond acceptors (Lipinski definition) is 3. The number of amides is 1. The van der Waals surface area contributed by atoms with Gasteiger partial charge in [0.2, 0.25) is 5.91 Å². The van der Waals surface area contributed by atoms with Gasteiger partial charge in [0.05, 0.1) is 13.2 Å². The Bertz CT molecular complexity index is 368. The first-order valence-corrected chi connectivity index (χ1v) is 6.03. The maximum Gasteiger partial charge on any atom is 0.328 e. The minimum atomic E-state index is -1.02. The summed E-state index contributed by atoms with van der Waals surface area (Å²) in [7, 11) is 0. The molecule has 0 aliphatic carbocycles. The van der Waals surface area contributed by atoms with Gasteiger partial charge in [0.1, 0.15) is 0 Å². The highest BCUT2D eigenvalue weighted by atomic mass is 16.5. The SMILES string of the molecule is C/C(=C/C(=O)N1CCOC[C@@H]1C(=O)O)C(C)(C)C. The quantitative estimate of drug-likeness (QED) is 0.755. The highest BCUT2D eigenvalue weighted by Crippen LogP contribution is 2.24. The van der Waals surface area contributed by atoms with Crippen molar-refractivity contribution in [2.75, 3.05) is 19.8 Å². The molecule has 1 saturated heterocycles. The van der Waals surface area contributed by atoms with Crippen LogP contribution in [-0.2, 0) is 14.3 Å². The van der Waals surface area contributed by atoms with Gasteiger partial charge in [-0.15, -0.1) is 0 Å². The maximum atomic E-state index is 12.1. The number of ether oxygens (including phenoxy) is 1. The first-order chi connectivity index (χ1) is 8.23. The van der Waals surface area contributed by atoms with E-state index in [0.717, 1.165) is 5.57 Å². The molecule has 1 heterocycles. The van der Waals surface area contributed by atoms with Crippen LogP contribution in [0, 0.1) is 5.41 Å². The monoisotopic (exact) mass is 255 g/mol. The van der Waals surface area contributed by atoms with Crippen molar-refractivity contribution in [1.29, 1.82) is 0 Å². The second-order valence-electron chi connectivity index (χ2n) is 5.54. The number of carbonyl (C=O) groups is 2. The molecule has 5 nitrogen and oxygen atoms in total. The third kappa shape index (κ3) is 3.57. The number of hydrogen-bond donors (Lipinski definition) is 1. The average Bonchev–Trinajstić information content (AvgIpc) is 2.27. The van der Waals surface area contributed by atoms with Gasteiger partial charge < -0.3 is 14.7 Å². The molecule has 1 atom stereocenters. The molecule has 1 fully saturated rings. The molecule has 1 N–H and O–H groups in total. The van der Waals surface area contributed by atoms with Gasteiger partial charge in [0, 0.05) is 12.6 Å². The van der Waals surface area contributed by atoms with E-state index in [1.54, 1.807) is 0 Å². The van der Waals surface area contributed by atoms with Gasteiger partial charge in [-0.1, -0.05) is 26.3 Å². The fourth-order valence-corrected chi connectivity index (χ4v) is 1.56. The van der Waals surface area contributed by atoms with E-state index in [1.165, 1.54) is 11.0 Å². The van der Waals surface area contributed by atoms with Crippen LogP contribution in [0.4, 0.5) is 0 Å². The number of carboxylic acid groups (broad SMARTS) is 1. The zero-order valence-electron chi connectivity index (χ0n) is 11.4. The van der Waals surface area contributed by atoms with Crippen molar-refractivity contribution in [1.82, 2.24) is 4.90 Å². The smallest absolute Gasteiger partial charge is 0.328 e. The van der Waals surface area contributed by atoms with E-state index in [0.29, 0.717) is 13.2 Å². The zero-order chi connectivity index (χ0) is 13.9. The van der Waals surface area contributed by atoms with Crippen molar-refractivity contribution in [3.63, 3.8) is 0 Å². The van der Waals surface area contributed by atoms with Crippen LogP contribution in [0.5, 0.6) is 0 Å². The van der Waals surface area contributed by atoms with E-state index >= 15 is 0 Å². The summed E-state index contributed by atoms with van der Waals surface area (Å²) in [6, 6.07) is -0.879. The van der Waals surface area contributed by atoms with Crippen molar-refractivity contribution in [2.24, 2.45) is 5.41 Å². The van der Waals surface area contributed by atoms with Crippen LogP contribution in [0.2, 0.25) is 0 Å².